The molecule has 0 aliphatic heterocycles. The number of rotatable bonds is 5. The number of nitrogens with zero attached hydrogens (tertiary/aromatic N) is 1. The molecule has 6 nitrogen and oxygen atoms in total. The molecule has 1 aliphatic rings. The molecule has 1 aromatic rings. The number of nitro groups is 1. The van der Waals surface area contributed by atoms with Crippen molar-refractivity contribution in [2.24, 2.45) is 5.41 Å². The zero-order valence-corrected chi connectivity index (χ0v) is 12.1. The number of nitrogens with one attached hydrogen (secondary N) is 1. The number of aliphatic carboxylic acids is 1. The molecule has 0 bridgehead atoms. The molecular weight excluding hydrogens is 272 g/mol. The topological polar surface area (TPSA) is 92.5 Å². The van der Waals surface area contributed by atoms with Crippen LogP contribution in [0.4, 0.5) is 11.4 Å². The lowest BCUT2D eigenvalue weighted by Crippen LogP contribution is -2.39. The molecule has 21 heavy (non-hydrogen) atoms. The van der Waals surface area contributed by atoms with Gasteiger partial charge in [0.25, 0.3) is 5.69 Å². The third-order valence-electron chi connectivity index (χ3n) is 4.23. The maximum atomic E-state index is 11.6. The quantitative estimate of drug-likeness (QED) is 0.641. The van der Waals surface area contributed by atoms with Crippen molar-refractivity contribution in [2.45, 2.75) is 39.0 Å². The van der Waals surface area contributed by atoms with E-state index in [1.807, 2.05) is 0 Å². The predicted octanol–water partition coefficient (Wildman–Crippen LogP) is 3.35. The zero-order valence-electron chi connectivity index (χ0n) is 12.1. The smallest absolute Gasteiger partial charge is 0.311 e. The first kappa shape index (κ1) is 15.3. The first-order chi connectivity index (χ1) is 9.94. The first-order valence-electron chi connectivity index (χ1n) is 7.17. The van der Waals surface area contributed by atoms with Crippen molar-refractivity contribution < 1.29 is 14.8 Å². The second-order valence-electron chi connectivity index (χ2n) is 5.78. The third kappa shape index (κ3) is 3.32. The molecule has 0 aromatic heterocycles. The average Bonchev–Trinajstić information content (AvgIpc) is 2.46. The molecule has 1 saturated carbocycles. The molecule has 0 unspecified atom stereocenters. The fraction of sp³-hybridized carbons (Fsp3) is 0.533. The van der Waals surface area contributed by atoms with E-state index in [4.69, 9.17) is 0 Å². The molecule has 1 aromatic carbocycles. The average molecular weight is 292 g/mol. The van der Waals surface area contributed by atoms with Crippen LogP contribution in [0.1, 0.15) is 37.7 Å². The van der Waals surface area contributed by atoms with Crippen LogP contribution in [0.2, 0.25) is 0 Å². The van der Waals surface area contributed by atoms with Crippen molar-refractivity contribution in [1.82, 2.24) is 0 Å². The Hall–Kier alpha value is -2.11. The van der Waals surface area contributed by atoms with Gasteiger partial charge in [0.1, 0.15) is 5.69 Å². The van der Waals surface area contributed by atoms with Gasteiger partial charge in [0.15, 0.2) is 0 Å². The molecule has 0 heterocycles. The number of benzene rings is 1. The number of anilines is 1. The molecule has 114 valence electrons. The van der Waals surface area contributed by atoms with Crippen LogP contribution in [0.15, 0.2) is 18.2 Å². The maximum Gasteiger partial charge on any atom is 0.311 e. The Morgan fingerprint density at radius 1 is 1.38 bits per heavy atom. The molecule has 0 atom stereocenters. The van der Waals surface area contributed by atoms with Gasteiger partial charge >= 0.3 is 5.97 Å². The highest BCUT2D eigenvalue weighted by Crippen LogP contribution is 2.37. The molecule has 1 aliphatic carbocycles. The van der Waals surface area contributed by atoms with Crippen LogP contribution in [0, 0.1) is 22.5 Å². The second kappa shape index (κ2) is 6.11. The summed E-state index contributed by atoms with van der Waals surface area (Å²) in [6.45, 7) is 2.02. The van der Waals surface area contributed by atoms with E-state index in [-0.39, 0.29) is 12.2 Å². The number of carbonyl (C=O) groups is 1. The number of nitro benzene ring substituents is 1. The maximum absolute atomic E-state index is 11.6. The van der Waals surface area contributed by atoms with Gasteiger partial charge in [-0.25, -0.2) is 0 Å². The van der Waals surface area contributed by atoms with Crippen LogP contribution >= 0.6 is 0 Å². The van der Waals surface area contributed by atoms with Gasteiger partial charge in [0, 0.05) is 12.6 Å². The molecule has 1 fully saturated rings. The summed E-state index contributed by atoms with van der Waals surface area (Å²) in [4.78, 5) is 22.2. The number of aryl methyl sites for hydroxylation is 1. The van der Waals surface area contributed by atoms with E-state index in [0.29, 0.717) is 18.5 Å². The van der Waals surface area contributed by atoms with E-state index in [2.05, 4.69) is 5.32 Å². The summed E-state index contributed by atoms with van der Waals surface area (Å²) >= 11 is 0. The number of hydrogen-bond donors (Lipinski definition) is 2. The number of hydrogen-bond acceptors (Lipinski definition) is 4. The lowest BCUT2D eigenvalue weighted by Gasteiger charge is -2.33. The summed E-state index contributed by atoms with van der Waals surface area (Å²) in [5.41, 5.74) is 0.373. The van der Waals surface area contributed by atoms with Gasteiger partial charge < -0.3 is 10.4 Å². The fourth-order valence-electron chi connectivity index (χ4n) is 2.90. The van der Waals surface area contributed by atoms with Crippen molar-refractivity contribution in [1.29, 1.82) is 0 Å². The molecule has 2 N–H and O–H groups in total. The SMILES string of the molecule is Cc1ccc(NCC2(C(=O)O)CCCCC2)c([N+](=O)[O-])c1. The molecule has 0 radical (unpaired) electrons. The molecule has 6 heteroatoms. The van der Waals surface area contributed by atoms with E-state index >= 15 is 0 Å². The molecular formula is C15H20N2O4. The lowest BCUT2D eigenvalue weighted by atomic mass is 9.74. The van der Waals surface area contributed by atoms with E-state index in [9.17, 15) is 20.0 Å². The zero-order chi connectivity index (χ0) is 15.5. The van der Waals surface area contributed by atoms with E-state index in [0.717, 1.165) is 24.8 Å². The summed E-state index contributed by atoms with van der Waals surface area (Å²) in [5, 5.41) is 23.6. The third-order valence-corrected chi connectivity index (χ3v) is 4.23. The van der Waals surface area contributed by atoms with Gasteiger partial charge in [0.05, 0.1) is 10.3 Å². The van der Waals surface area contributed by atoms with Crippen LogP contribution in [-0.4, -0.2) is 22.5 Å². The van der Waals surface area contributed by atoms with Gasteiger partial charge in [0.2, 0.25) is 0 Å². The standard InChI is InChI=1S/C15H20N2O4/c1-11-5-6-12(13(9-11)17(20)21)16-10-15(14(18)19)7-3-2-4-8-15/h5-6,9,16H,2-4,7-8,10H2,1H3,(H,18,19). The second-order valence-corrected chi connectivity index (χ2v) is 5.78. The predicted molar refractivity (Wildman–Crippen MR) is 79.5 cm³/mol. The van der Waals surface area contributed by atoms with E-state index < -0.39 is 16.3 Å². The van der Waals surface area contributed by atoms with Crippen LogP contribution in [0.3, 0.4) is 0 Å². The van der Waals surface area contributed by atoms with Crippen molar-refractivity contribution >= 4 is 17.3 Å². The normalized spacial score (nSPS) is 17.2. The summed E-state index contributed by atoms with van der Waals surface area (Å²) in [5.74, 6) is -0.815. The minimum atomic E-state index is -0.815. The van der Waals surface area contributed by atoms with E-state index in [1.54, 1.807) is 19.1 Å². The summed E-state index contributed by atoms with van der Waals surface area (Å²) in [7, 11) is 0. The van der Waals surface area contributed by atoms with Crippen molar-refractivity contribution in [2.75, 3.05) is 11.9 Å². The van der Waals surface area contributed by atoms with E-state index in [1.165, 1.54) is 6.07 Å². The van der Waals surface area contributed by atoms with Crippen LogP contribution in [-0.2, 0) is 4.79 Å². The molecule has 0 saturated heterocycles. The van der Waals surface area contributed by atoms with Crippen molar-refractivity contribution in [3.05, 3.63) is 33.9 Å². The number of carboxylic acid groups (broad SMARTS) is 1. The lowest BCUT2D eigenvalue weighted by molar-refractivity contribution is -0.384. The van der Waals surface area contributed by atoms with Gasteiger partial charge in [-0.1, -0.05) is 25.3 Å². The minimum Gasteiger partial charge on any atom is -0.481 e. The highest BCUT2D eigenvalue weighted by molar-refractivity contribution is 5.76. The van der Waals surface area contributed by atoms with Gasteiger partial charge in [-0.2, -0.15) is 0 Å². The Balaban J connectivity index is 2.18. The highest BCUT2D eigenvalue weighted by atomic mass is 16.6. The summed E-state index contributed by atoms with van der Waals surface area (Å²) < 4.78 is 0. The highest BCUT2D eigenvalue weighted by Gasteiger charge is 2.39. The van der Waals surface area contributed by atoms with Gasteiger partial charge in [-0.3, -0.25) is 14.9 Å². The summed E-state index contributed by atoms with van der Waals surface area (Å²) in [6, 6.07) is 4.92. The molecule has 0 spiro atoms. The van der Waals surface area contributed by atoms with Crippen LogP contribution in [0.25, 0.3) is 0 Å². The fourth-order valence-corrected chi connectivity index (χ4v) is 2.90. The Labute approximate surface area is 123 Å². The van der Waals surface area contributed by atoms with Crippen LogP contribution in [0.5, 0.6) is 0 Å². The van der Waals surface area contributed by atoms with Crippen LogP contribution < -0.4 is 5.32 Å². The number of carboxylic acids is 1. The monoisotopic (exact) mass is 292 g/mol. The minimum absolute atomic E-state index is 0.00801. The Morgan fingerprint density at radius 3 is 2.62 bits per heavy atom. The Bertz CT molecular complexity index is 551. The van der Waals surface area contributed by atoms with Gasteiger partial charge in [-0.05, 0) is 31.4 Å². The molecule has 0 amide bonds. The molecule has 2 rings (SSSR count). The first-order valence-corrected chi connectivity index (χ1v) is 7.17. The van der Waals surface area contributed by atoms with Gasteiger partial charge in [-0.15, -0.1) is 0 Å². The summed E-state index contributed by atoms with van der Waals surface area (Å²) in [6.07, 6.45) is 4.08. The van der Waals surface area contributed by atoms with Crippen molar-refractivity contribution in [3.63, 3.8) is 0 Å². The van der Waals surface area contributed by atoms with Crippen molar-refractivity contribution in [3.8, 4) is 0 Å². The Kier molecular flexibility index (Phi) is 4.45. The largest absolute Gasteiger partial charge is 0.481 e. The Morgan fingerprint density at radius 2 is 2.05 bits per heavy atom.